The fraction of sp³-hybridized carbons (Fsp3) is 0.529. The van der Waals surface area contributed by atoms with E-state index < -0.39 is 0 Å². The molecule has 0 heterocycles. The van der Waals surface area contributed by atoms with Crippen LogP contribution < -0.4 is 0 Å². The maximum atomic E-state index is 4.33. The SMILES string of the molecule is C=C(c1ccccc1)[C@H]1C[C@@H]1C1CCCCC1. The Balaban J connectivity index is 1.62. The van der Waals surface area contributed by atoms with Crippen molar-refractivity contribution in [3.8, 4) is 0 Å². The highest BCUT2D eigenvalue weighted by molar-refractivity contribution is 5.67. The van der Waals surface area contributed by atoms with Crippen LogP contribution in [0.15, 0.2) is 36.9 Å². The second kappa shape index (κ2) is 4.68. The first-order valence-corrected chi connectivity index (χ1v) is 7.10. The van der Waals surface area contributed by atoms with Crippen molar-refractivity contribution in [2.45, 2.75) is 38.5 Å². The van der Waals surface area contributed by atoms with Crippen LogP contribution in [0.3, 0.4) is 0 Å². The topological polar surface area (TPSA) is 0 Å². The van der Waals surface area contributed by atoms with Gasteiger partial charge in [0, 0.05) is 0 Å². The molecular weight excluding hydrogens is 204 g/mol. The minimum atomic E-state index is 0.792. The van der Waals surface area contributed by atoms with Gasteiger partial charge in [0.25, 0.3) is 0 Å². The number of hydrogen-bond donors (Lipinski definition) is 0. The molecule has 2 aliphatic carbocycles. The molecule has 0 nitrogen and oxygen atoms in total. The van der Waals surface area contributed by atoms with E-state index in [1.165, 1.54) is 49.7 Å². The highest BCUT2D eigenvalue weighted by Gasteiger charge is 2.44. The molecule has 0 aromatic heterocycles. The van der Waals surface area contributed by atoms with Crippen LogP contribution >= 0.6 is 0 Å². The molecule has 2 aliphatic rings. The Labute approximate surface area is 105 Å². The van der Waals surface area contributed by atoms with E-state index in [0.29, 0.717) is 0 Å². The van der Waals surface area contributed by atoms with Gasteiger partial charge in [-0.05, 0) is 35.3 Å². The average molecular weight is 226 g/mol. The summed E-state index contributed by atoms with van der Waals surface area (Å²) in [5.41, 5.74) is 2.75. The standard InChI is InChI=1S/C17H22/c1-13(14-8-4-2-5-9-14)16-12-17(16)15-10-6-3-7-11-15/h2,4-5,8-9,15-17H,1,3,6-7,10-12H2/t16-,17-/m1/s1. The van der Waals surface area contributed by atoms with E-state index in [1.807, 2.05) is 0 Å². The second-order valence-electron chi connectivity index (χ2n) is 5.80. The van der Waals surface area contributed by atoms with Crippen LogP contribution in [-0.2, 0) is 0 Å². The van der Waals surface area contributed by atoms with E-state index in [9.17, 15) is 0 Å². The largest absolute Gasteiger partial charge is 0.0949 e. The van der Waals surface area contributed by atoms with Gasteiger partial charge in [-0.15, -0.1) is 0 Å². The molecule has 0 bridgehead atoms. The molecule has 0 saturated heterocycles. The Morgan fingerprint density at radius 2 is 1.71 bits per heavy atom. The molecule has 2 fully saturated rings. The van der Waals surface area contributed by atoms with Crippen LogP contribution in [-0.4, -0.2) is 0 Å². The highest BCUT2D eigenvalue weighted by Crippen LogP contribution is 2.54. The molecule has 0 radical (unpaired) electrons. The number of hydrogen-bond acceptors (Lipinski definition) is 0. The van der Waals surface area contributed by atoms with Gasteiger partial charge in [0.05, 0.1) is 0 Å². The molecule has 3 rings (SSSR count). The van der Waals surface area contributed by atoms with E-state index in [1.54, 1.807) is 0 Å². The Kier molecular flexibility index (Phi) is 3.05. The van der Waals surface area contributed by atoms with Crippen molar-refractivity contribution in [2.24, 2.45) is 17.8 Å². The first-order valence-electron chi connectivity index (χ1n) is 7.10. The van der Waals surface area contributed by atoms with Crippen molar-refractivity contribution in [2.75, 3.05) is 0 Å². The summed E-state index contributed by atoms with van der Waals surface area (Å²) < 4.78 is 0. The minimum absolute atomic E-state index is 0.792. The molecule has 0 spiro atoms. The summed E-state index contributed by atoms with van der Waals surface area (Å²) in [7, 11) is 0. The fourth-order valence-corrected chi connectivity index (χ4v) is 3.56. The predicted octanol–water partition coefficient (Wildman–Crippen LogP) is 4.92. The van der Waals surface area contributed by atoms with Gasteiger partial charge in [0.1, 0.15) is 0 Å². The fourth-order valence-electron chi connectivity index (χ4n) is 3.56. The second-order valence-corrected chi connectivity index (χ2v) is 5.80. The lowest BCUT2D eigenvalue weighted by Gasteiger charge is -2.22. The first kappa shape index (κ1) is 11.1. The van der Waals surface area contributed by atoms with Crippen LogP contribution in [0.5, 0.6) is 0 Å². The van der Waals surface area contributed by atoms with Crippen molar-refractivity contribution >= 4 is 5.57 Å². The van der Waals surface area contributed by atoms with E-state index in [4.69, 9.17) is 0 Å². The summed E-state index contributed by atoms with van der Waals surface area (Å²) >= 11 is 0. The maximum absolute atomic E-state index is 4.33. The molecule has 0 heteroatoms. The van der Waals surface area contributed by atoms with Gasteiger partial charge in [0.2, 0.25) is 0 Å². The summed E-state index contributed by atoms with van der Waals surface area (Å²) in [4.78, 5) is 0. The van der Waals surface area contributed by atoms with E-state index in [-0.39, 0.29) is 0 Å². The number of benzene rings is 1. The maximum Gasteiger partial charge on any atom is -0.0128 e. The summed E-state index contributed by atoms with van der Waals surface area (Å²) in [5, 5.41) is 0. The van der Waals surface area contributed by atoms with Gasteiger partial charge < -0.3 is 0 Å². The Morgan fingerprint density at radius 3 is 2.41 bits per heavy atom. The van der Waals surface area contributed by atoms with Gasteiger partial charge in [0.15, 0.2) is 0 Å². The van der Waals surface area contributed by atoms with Crippen LogP contribution in [0, 0.1) is 17.8 Å². The molecule has 0 amide bonds. The molecule has 2 atom stereocenters. The lowest BCUT2D eigenvalue weighted by molar-refractivity contribution is 0.316. The average Bonchev–Trinajstić information content (AvgIpc) is 3.20. The third-order valence-corrected chi connectivity index (χ3v) is 4.69. The number of rotatable bonds is 3. The van der Waals surface area contributed by atoms with Gasteiger partial charge in [-0.25, -0.2) is 0 Å². The molecule has 0 N–H and O–H groups in total. The van der Waals surface area contributed by atoms with Gasteiger partial charge >= 0.3 is 0 Å². The van der Waals surface area contributed by atoms with Crippen LogP contribution in [0.2, 0.25) is 0 Å². The van der Waals surface area contributed by atoms with Crippen molar-refractivity contribution in [3.63, 3.8) is 0 Å². The molecule has 0 unspecified atom stereocenters. The van der Waals surface area contributed by atoms with Crippen LogP contribution in [0.4, 0.5) is 0 Å². The third kappa shape index (κ3) is 2.31. The molecule has 2 saturated carbocycles. The van der Waals surface area contributed by atoms with E-state index >= 15 is 0 Å². The van der Waals surface area contributed by atoms with Gasteiger partial charge in [-0.3, -0.25) is 0 Å². The quantitative estimate of drug-likeness (QED) is 0.686. The normalized spacial score (nSPS) is 28.9. The van der Waals surface area contributed by atoms with Crippen molar-refractivity contribution in [1.82, 2.24) is 0 Å². The van der Waals surface area contributed by atoms with Crippen molar-refractivity contribution in [1.29, 1.82) is 0 Å². The van der Waals surface area contributed by atoms with Crippen molar-refractivity contribution in [3.05, 3.63) is 42.5 Å². The summed E-state index contributed by atoms with van der Waals surface area (Å²) in [5.74, 6) is 2.76. The predicted molar refractivity (Wildman–Crippen MR) is 73.6 cm³/mol. The lowest BCUT2D eigenvalue weighted by atomic mass is 9.84. The lowest BCUT2D eigenvalue weighted by Crippen LogP contribution is -2.09. The minimum Gasteiger partial charge on any atom is -0.0949 e. The molecule has 1 aromatic rings. The Bertz CT molecular complexity index is 384. The van der Waals surface area contributed by atoms with Gasteiger partial charge in [-0.2, -0.15) is 0 Å². The van der Waals surface area contributed by atoms with Crippen LogP contribution in [0.25, 0.3) is 5.57 Å². The number of allylic oxidation sites excluding steroid dienone is 1. The van der Waals surface area contributed by atoms with Gasteiger partial charge in [-0.1, -0.05) is 69.0 Å². The first-order chi connectivity index (χ1) is 8.36. The molecular formula is C17H22. The van der Waals surface area contributed by atoms with E-state index in [2.05, 4.69) is 36.9 Å². The Morgan fingerprint density at radius 1 is 1.00 bits per heavy atom. The molecule has 90 valence electrons. The zero-order valence-corrected chi connectivity index (χ0v) is 10.6. The third-order valence-electron chi connectivity index (χ3n) is 4.69. The Hall–Kier alpha value is -1.04. The monoisotopic (exact) mass is 226 g/mol. The molecule has 1 aromatic carbocycles. The summed E-state index contributed by atoms with van der Waals surface area (Å²) in [6, 6.07) is 10.7. The molecule has 17 heavy (non-hydrogen) atoms. The molecule has 0 aliphatic heterocycles. The van der Waals surface area contributed by atoms with Crippen LogP contribution in [0.1, 0.15) is 44.1 Å². The summed E-state index contributed by atoms with van der Waals surface area (Å²) in [6.45, 7) is 4.33. The smallest absolute Gasteiger partial charge is 0.0128 e. The zero-order valence-electron chi connectivity index (χ0n) is 10.6. The summed E-state index contributed by atoms with van der Waals surface area (Å²) in [6.07, 6.45) is 8.75. The zero-order chi connectivity index (χ0) is 11.7. The van der Waals surface area contributed by atoms with E-state index in [0.717, 1.165) is 17.8 Å². The van der Waals surface area contributed by atoms with Crippen molar-refractivity contribution < 1.29 is 0 Å². The highest BCUT2D eigenvalue weighted by atomic mass is 14.5.